The molecule has 0 aliphatic carbocycles. The van der Waals surface area contributed by atoms with Crippen molar-refractivity contribution in [2.24, 2.45) is 4.99 Å². The molecule has 21 heavy (non-hydrogen) atoms. The van der Waals surface area contributed by atoms with E-state index in [4.69, 9.17) is 14.6 Å². The second kappa shape index (κ2) is 7.64. The highest BCUT2D eigenvalue weighted by atomic mass is 16.6. The maximum absolute atomic E-state index is 11.5. The van der Waals surface area contributed by atoms with Gasteiger partial charge in [-0.15, -0.1) is 0 Å². The number of aliphatic imine (C=N–C) groups is 1. The molecule has 1 unspecified atom stereocenters. The summed E-state index contributed by atoms with van der Waals surface area (Å²) >= 11 is 0. The minimum absolute atomic E-state index is 0.191. The van der Waals surface area contributed by atoms with E-state index in [1.165, 1.54) is 0 Å². The number of nitrogens with zero attached hydrogens (tertiary/aromatic N) is 1. The Balaban J connectivity index is 2.54. The van der Waals surface area contributed by atoms with E-state index in [9.17, 15) is 9.90 Å². The second-order valence-corrected chi connectivity index (χ2v) is 5.46. The minimum atomic E-state index is -1.27. The lowest BCUT2D eigenvalue weighted by atomic mass is 10.2. The van der Waals surface area contributed by atoms with Gasteiger partial charge in [-0.25, -0.2) is 4.79 Å². The number of benzene rings is 1. The van der Waals surface area contributed by atoms with Gasteiger partial charge in [-0.3, -0.25) is 4.99 Å². The van der Waals surface area contributed by atoms with E-state index in [0.29, 0.717) is 0 Å². The summed E-state index contributed by atoms with van der Waals surface area (Å²) in [5.41, 5.74) is 0.202. The quantitative estimate of drug-likeness (QED) is 0.628. The Labute approximate surface area is 124 Å². The molecule has 6 nitrogen and oxygen atoms in total. The van der Waals surface area contributed by atoms with Crippen molar-refractivity contribution in [3.63, 3.8) is 0 Å². The average Bonchev–Trinajstić information content (AvgIpc) is 2.36. The Morgan fingerprint density at radius 1 is 1.33 bits per heavy atom. The van der Waals surface area contributed by atoms with Crippen LogP contribution in [0.3, 0.4) is 0 Å². The van der Waals surface area contributed by atoms with E-state index in [1.807, 2.05) is 30.3 Å². The van der Waals surface area contributed by atoms with Gasteiger partial charge in [0.05, 0.1) is 13.2 Å². The molecule has 0 amide bonds. The molecule has 116 valence electrons. The zero-order chi connectivity index (χ0) is 15.9. The third kappa shape index (κ3) is 7.31. The first kappa shape index (κ1) is 17.0. The van der Waals surface area contributed by atoms with E-state index in [1.54, 1.807) is 20.8 Å². The molecule has 6 heteroatoms. The van der Waals surface area contributed by atoms with Crippen LogP contribution in [0.4, 0.5) is 0 Å². The molecule has 1 atom stereocenters. The molecular weight excluding hydrogens is 274 g/mol. The largest absolute Gasteiger partial charge is 0.595 e. The standard InChI is InChI=1S/C15H21NO5/c1-15(2,3)21-14(19)16-12(13(17)18)10-20-9-11-7-5-4-6-8-11/h4-8,12H,9-10H2,1-3H3,(H,16,19)(H,17,18)/p-1. The van der Waals surface area contributed by atoms with Crippen molar-refractivity contribution in [1.82, 2.24) is 0 Å². The topological polar surface area (TPSA) is 91.2 Å². The fourth-order valence-corrected chi connectivity index (χ4v) is 1.44. The minimum Gasteiger partial charge on any atom is -0.595 e. The molecule has 0 aliphatic rings. The number of carbonyl (C=O) groups is 1. The Hall–Kier alpha value is -2.08. The van der Waals surface area contributed by atoms with Crippen molar-refractivity contribution in [2.45, 2.75) is 39.0 Å². The Kier molecular flexibility index (Phi) is 6.17. The van der Waals surface area contributed by atoms with Crippen LogP contribution in [0.2, 0.25) is 0 Å². The maximum atomic E-state index is 11.5. The van der Waals surface area contributed by atoms with E-state index in [-0.39, 0.29) is 13.2 Å². The normalized spacial score (nSPS) is 13.8. The van der Waals surface area contributed by atoms with Gasteiger partial charge >= 0.3 is 5.97 Å². The van der Waals surface area contributed by atoms with Gasteiger partial charge in [-0.1, -0.05) is 51.1 Å². The first-order valence-corrected chi connectivity index (χ1v) is 6.56. The number of carboxylic acid groups (broad SMARTS) is 1. The second-order valence-electron chi connectivity index (χ2n) is 5.46. The first-order chi connectivity index (χ1) is 9.78. The van der Waals surface area contributed by atoms with Crippen LogP contribution in [0.1, 0.15) is 26.3 Å². The molecule has 1 aromatic rings. The van der Waals surface area contributed by atoms with Crippen LogP contribution in [0.25, 0.3) is 0 Å². The van der Waals surface area contributed by atoms with E-state index < -0.39 is 23.7 Å². The molecule has 0 saturated carbocycles. The van der Waals surface area contributed by atoms with Crippen molar-refractivity contribution in [3.05, 3.63) is 35.9 Å². The highest BCUT2D eigenvalue weighted by Gasteiger charge is 2.17. The lowest BCUT2D eigenvalue weighted by Gasteiger charge is -2.30. The van der Waals surface area contributed by atoms with Crippen LogP contribution >= 0.6 is 0 Å². The van der Waals surface area contributed by atoms with Crippen molar-refractivity contribution >= 4 is 12.1 Å². The predicted molar refractivity (Wildman–Crippen MR) is 75.8 cm³/mol. The Morgan fingerprint density at radius 3 is 2.48 bits per heavy atom. The molecule has 0 radical (unpaired) electrons. The summed E-state index contributed by atoms with van der Waals surface area (Å²) in [6, 6.07) is 8.04. The lowest BCUT2D eigenvalue weighted by molar-refractivity contribution is -0.261. The van der Waals surface area contributed by atoms with Crippen LogP contribution in [-0.2, 0) is 20.9 Å². The maximum Gasteiger partial charge on any atom is 0.330 e. The summed E-state index contributed by atoms with van der Waals surface area (Å²) in [7, 11) is 0. The van der Waals surface area contributed by atoms with Gasteiger partial charge in [-0.2, -0.15) is 0 Å². The zero-order valence-electron chi connectivity index (χ0n) is 12.4. The van der Waals surface area contributed by atoms with Crippen LogP contribution in [-0.4, -0.2) is 35.4 Å². The summed E-state index contributed by atoms with van der Waals surface area (Å²) < 4.78 is 10.3. The van der Waals surface area contributed by atoms with E-state index in [0.717, 1.165) is 5.56 Å². The van der Waals surface area contributed by atoms with Gasteiger partial charge in [0.1, 0.15) is 6.08 Å². The van der Waals surface area contributed by atoms with Crippen molar-refractivity contribution in [3.8, 4) is 0 Å². The molecule has 0 bridgehead atoms. The molecule has 0 fully saturated rings. The highest BCUT2D eigenvalue weighted by molar-refractivity contribution is 5.77. The monoisotopic (exact) mass is 294 g/mol. The number of ether oxygens (including phenoxy) is 2. The molecule has 0 aromatic heterocycles. The fourth-order valence-electron chi connectivity index (χ4n) is 1.44. The third-order valence-corrected chi connectivity index (χ3v) is 2.33. The van der Waals surface area contributed by atoms with Gasteiger partial charge in [0.2, 0.25) is 0 Å². The predicted octanol–water partition coefficient (Wildman–Crippen LogP) is 1.19. The van der Waals surface area contributed by atoms with Gasteiger partial charge in [-0.05, 0) is 5.56 Å². The summed E-state index contributed by atoms with van der Waals surface area (Å²) in [5.74, 6) is -1.23. The Bertz CT molecular complexity index is 479. The third-order valence-electron chi connectivity index (χ3n) is 2.33. The van der Waals surface area contributed by atoms with Crippen LogP contribution in [0.5, 0.6) is 0 Å². The average molecular weight is 294 g/mol. The van der Waals surface area contributed by atoms with Crippen LogP contribution in [0, 0.1) is 0 Å². The van der Waals surface area contributed by atoms with Crippen molar-refractivity contribution < 1.29 is 24.5 Å². The van der Waals surface area contributed by atoms with E-state index in [2.05, 4.69) is 4.99 Å². The molecule has 0 heterocycles. The van der Waals surface area contributed by atoms with Crippen LogP contribution in [0.15, 0.2) is 35.3 Å². The van der Waals surface area contributed by atoms with Gasteiger partial charge in [0.15, 0.2) is 6.04 Å². The van der Waals surface area contributed by atoms with Crippen molar-refractivity contribution in [2.75, 3.05) is 6.61 Å². The number of hydrogen-bond donors (Lipinski definition) is 1. The Morgan fingerprint density at radius 2 is 1.95 bits per heavy atom. The summed E-state index contributed by atoms with van der Waals surface area (Å²) in [6.45, 7) is 5.12. The number of aliphatic carboxylic acids is 1. The van der Waals surface area contributed by atoms with E-state index >= 15 is 0 Å². The summed E-state index contributed by atoms with van der Waals surface area (Å²) in [4.78, 5) is 14.6. The van der Waals surface area contributed by atoms with Gasteiger partial charge in [0.25, 0.3) is 0 Å². The lowest BCUT2D eigenvalue weighted by Crippen LogP contribution is -2.35. The number of carboxylic acids is 1. The zero-order valence-corrected chi connectivity index (χ0v) is 12.4. The molecule has 0 aliphatic heterocycles. The summed E-state index contributed by atoms with van der Waals surface area (Å²) in [6.07, 6.45) is -0.904. The highest BCUT2D eigenvalue weighted by Crippen LogP contribution is 2.07. The van der Waals surface area contributed by atoms with Gasteiger partial charge in [0, 0.05) is 5.60 Å². The molecule has 1 rings (SSSR count). The summed E-state index contributed by atoms with van der Waals surface area (Å²) in [5, 5.41) is 20.5. The van der Waals surface area contributed by atoms with Crippen molar-refractivity contribution in [1.29, 1.82) is 0 Å². The fraction of sp³-hybridized carbons (Fsp3) is 0.467. The molecular formula is C15H20NO5-. The SMILES string of the molecule is CC(C)(C)OC([O-])=NC(COCc1ccccc1)C(=O)O. The molecule has 1 aromatic carbocycles. The number of hydrogen-bond acceptors (Lipinski definition) is 5. The molecule has 1 N–H and O–H groups in total. The molecule has 0 spiro atoms. The number of rotatable bonds is 6. The van der Waals surface area contributed by atoms with Crippen LogP contribution < -0.4 is 5.11 Å². The smallest absolute Gasteiger partial charge is 0.330 e. The first-order valence-electron chi connectivity index (χ1n) is 6.56. The van der Waals surface area contributed by atoms with Gasteiger partial charge < -0.3 is 19.7 Å². The molecule has 0 saturated heterocycles.